The molecule has 0 bridgehead atoms. The number of benzene rings is 1. The zero-order chi connectivity index (χ0) is 15.4. The number of carbonyl (C=O) groups is 1. The average molecular weight is 299 g/mol. The van der Waals surface area contributed by atoms with Crippen LogP contribution in [-0.2, 0) is 17.9 Å². The standard InChI is InChI=1S/C17H21N3O2/c1-2-20-11-9-16(18-20)17(21)19-10-8-15(12-19)22-13-14-6-4-3-5-7-14/h3-7,9,11,15H,2,8,10,12-13H2,1H3/t15-/m0/s1. The zero-order valence-corrected chi connectivity index (χ0v) is 12.8. The van der Waals surface area contributed by atoms with Crippen LogP contribution in [0.3, 0.4) is 0 Å². The van der Waals surface area contributed by atoms with E-state index in [-0.39, 0.29) is 12.0 Å². The first-order valence-corrected chi connectivity index (χ1v) is 7.74. The van der Waals surface area contributed by atoms with E-state index in [1.165, 1.54) is 0 Å². The second-order valence-corrected chi connectivity index (χ2v) is 5.52. The number of amides is 1. The van der Waals surface area contributed by atoms with E-state index in [1.807, 2.05) is 36.2 Å². The molecule has 5 heteroatoms. The van der Waals surface area contributed by atoms with Crippen LogP contribution in [0.15, 0.2) is 42.6 Å². The van der Waals surface area contributed by atoms with Crippen molar-refractivity contribution in [2.24, 2.45) is 0 Å². The van der Waals surface area contributed by atoms with Gasteiger partial charge in [-0.2, -0.15) is 5.10 Å². The van der Waals surface area contributed by atoms with Crippen molar-refractivity contribution in [2.75, 3.05) is 13.1 Å². The summed E-state index contributed by atoms with van der Waals surface area (Å²) in [6.07, 6.45) is 2.83. The van der Waals surface area contributed by atoms with Crippen LogP contribution in [-0.4, -0.2) is 39.8 Å². The van der Waals surface area contributed by atoms with Crippen molar-refractivity contribution < 1.29 is 9.53 Å². The molecular weight excluding hydrogens is 278 g/mol. The molecule has 22 heavy (non-hydrogen) atoms. The van der Waals surface area contributed by atoms with E-state index in [1.54, 1.807) is 10.7 Å². The Morgan fingerprint density at radius 2 is 2.14 bits per heavy atom. The highest BCUT2D eigenvalue weighted by Gasteiger charge is 2.28. The summed E-state index contributed by atoms with van der Waals surface area (Å²) in [4.78, 5) is 14.2. The van der Waals surface area contributed by atoms with Crippen molar-refractivity contribution >= 4 is 5.91 Å². The number of rotatable bonds is 5. The van der Waals surface area contributed by atoms with Gasteiger partial charge in [-0.05, 0) is 25.0 Å². The summed E-state index contributed by atoms with van der Waals surface area (Å²) in [6.45, 7) is 4.75. The highest BCUT2D eigenvalue weighted by atomic mass is 16.5. The fourth-order valence-electron chi connectivity index (χ4n) is 2.65. The average Bonchev–Trinajstić information content (AvgIpc) is 3.22. The third-order valence-electron chi connectivity index (χ3n) is 3.94. The summed E-state index contributed by atoms with van der Waals surface area (Å²) in [5.41, 5.74) is 1.68. The number of hydrogen-bond donors (Lipinski definition) is 0. The molecular formula is C17H21N3O2. The quantitative estimate of drug-likeness (QED) is 0.851. The number of carbonyl (C=O) groups excluding carboxylic acids is 1. The number of aromatic nitrogens is 2. The van der Waals surface area contributed by atoms with E-state index in [0.717, 1.165) is 25.1 Å². The molecule has 2 heterocycles. The predicted molar refractivity (Wildman–Crippen MR) is 83.4 cm³/mol. The van der Waals surface area contributed by atoms with Gasteiger partial charge < -0.3 is 9.64 Å². The minimum absolute atomic E-state index is 0.00184. The molecule has 3 rings (SSSR count). The van der Waals surface area contributed by atoms with Crippen LogP contribution in [0.2, 0.25) is 0 Å². The Hall–Kier alpha value is -2.14. The highest BCUT2D eigenvalue weighted by Crippen LogP contribution is 2.17. The Kier molecular flexibility index (Phi) is 4.53. The normalized spacial score (nSPS) is 17.9. The lowest BCUT2D eigenvalue weighted by molar-refractivity contribution is 0.0436. The van der Waals surface area contributed by atoms with Gasteiger partial charge in [-0.3, -0.25) is 9.48 Å². The van der Waals surface area contributed by atoms with E-state index < -0.39 is 0 Å². The maximum absolute atomic E-state index is 12.4. The number of hydrogen-bond acceptors (Lipinski definition) is 3. The Bertz CT molecular complexity index is 624. The van der Waals surface area contributed by atoms with Crippen LogP contribution < -0.4 is 0 Å². The lowest BCUT2D eigenvalue weighted by atomic mass is 10.2. The summed E-state index contributed by atoms with van der Waals surface area (Å²) >= 11 is 0. The van der Waals surface area contributed by atoms with Gasteiger partial charge in [-0.15, -0.1) is 0 Å². The van der Waals surface area contributed by atoms with Gasteiger partial charge in [-0.25, -0.2) is 0 Å². The molecule has 1 atom stereocenters. The topological polar surface area (TPSA) is 47.4 Å². The molecule has 0 unspecified atom stereocenters. The van der Waals surface area contributed by atoms with Gasteiger partial charge in [0.2, 0.25) is 0 Å². The smallest absolute Gasteiger partial charge is 0.274 e. The molecule has 0 aliphatic carbocycles. The number of ether oxygens (including phenoxy) is 1. The van der Waals surface area contributed by atoms with E-state index in [2.05, 4.69) is 17.2 Å². The molecule has 1 aromatic carbocycles. The Labute approximate surface area is 130 Å². The third-order valence-corrected chi connectivity index (χ3v) is 3.94. The monoisotopic (exact) mass is 299 g/mol. The molecule has 1 aliphatic rings. The summed E-state index contributed by atoms with van der Waals surface area (Å²) in [5, 5.41) is 4.28. The number of aryl methyl sites for hydroxylation is 1. The van der Waals surface area contributed by atoms with Gasteiger partial charge in [0.1, 0.15) is 5.69 Å². The van der Waals surface area contributed by atoms with Gasteiger partial charge in [0.05, 0.1) is 12.7 Å². The van der Waals surface area contributed by atoms with Gasteiger partial charge >= 0.3 is 0 Å². The molecule has 0 radical (unpaired) electrons. The van der Waals surface area contributed by atoms with Crippen LogP contribution in [0.4, 0.5) is 0 Å². The molecule has 0 N–H and O–H groups in total. The molecule has 0 spiro atoms. The zero-order valence-electron chi connectivity index (χ0n) is 12.8. The van der Waals surface area contributed by atoms with Crippen molar-refractivity contribution in [1.29, 1.82) is 0 Å². The largest absolute Gasteiger partial charge is 0.372 e. The lowest BCUT2D eigenvalue weighted by Crippen LogP contribution is -2.30. The molecule has 1 amide bonds. The van der Waals surface area contributed by atoms with E-state index in [4.69, 9.17) is 4.74 Å². The first kappa shape index (κ1) is 14.8. The van der Waals surface area contributed by atoms with Gasteiger partial charge in [0.25, 0.3) is 5.91 Å². The molecule has 2 aromatic rings. The first-order chi connectivity index (χ1) is 10.8. The maximum atomic E-state index is 12.4. The molecule has 5 nitrogen and oxygen atoms in total. The molecule has 116 valence electrons. The van der Waals surface area contributed by atoms with E-state index in [0.29, 0.717) is 18.8 Å². The van der Waals surface area contributed by atoms with Crippen molar-refractivity contribution in [1.82, 2.24) is 14.7 Å². The summed E-state index contributed by atoms with van der Waals surface area (Å²) in [6, 6.07) is 11.9. The third kappa shape index (κ3) is 3.36. The Morgan fingerprint density at radius 1 is 1.32 bits per heavy atom. The second-order valence-electron chi connectivity index (χ2n) is 5.52. The van der Waals surface area contributed by atoms with Gasteiger partial charge in [0, 0.05) is 25.8 Å². The minimum atomic E-state index is -0.00184. The van der Waals surface area contributed by atoms with Crippen LogP contribution >= 0.6 is 0 Å². The van der Waals surface area contributed by atoms with Crippen molar-refractivity contribution in [3.63, 3.8) is 0 Å². The Morgan fingerprint density at radius 3 is 2.86 bits per heavy atom. The van der Waals surface area contributed by atoms with Crippen LogP contribution in [0.25, 0.3) is 0 Å². The summed E-state index contributed by atoms with van der Waals surface area (Å²) in [5.74, 6) is -0.00184. The second kappa shape index (κ2) is 6.75. The van der Waals surface area contributed by atoms with Gasteiger partial charge in [0.15, 0.2) is 0 Å². The predicted octanol–water partition coefficient (Wildman–Crippen LogP) is 2.33. The van der Waals surface area contributed by atoms with E-state index in [9.17, 15) is 4.79 Å². The van der Waals surface area contributed by atoms with Crippen LogP contribution in [0.1, 0.15) is 29.4 Å². The number of likely N-dealkylation sites (tertiary alicyclic amines) is 1. The van der Waals surface area contributed by atoms with Crippen molar-refractivity contribution in [2.45, 2.75) is 32.6 Å². The van der Waals surface area contributed by atoms with Crippen LogP contribution in [0, 0.1) is 0 Å². The summed E-state index contributed by atoms with van der Waals surface area (Å²) < 4.78 is 7.68. The molecule has 0 saturated carbocycles. The fraction of sp³-hybridized carbons (Fsp3) is 0.412. The van der Waals surface area contributed by atoms with Crippen molar-refractivity contribution in [3.05, 3.63) is 53.9 Å². The minimum Gasteiger partial charge on any atom is -0.372 e. The lowest BCUT2D eigenvalue weighted by Gasteiger charge is -2.15. The number of nitrogens with zero attached hydrogens (tertiary/aromatic N) is 3. The first-order valence-electron chi connectivity index (χ1n) is 7.74. The Balaban J connectivity index is 1.52. The fourth-order valence-corrected chi connectivity index (χ4v) is 2.65. The maximum Gasteiger partial charge on any atom is 0.274 e. The van der Waals surface area contributed by atoms with Crippen molar-refractivity contribution in [3.8, 4) is 0 Å². The SMILES string of the molecule is CCn1ccc(C(=O)N2CC[C@H](OCc3ccccc3)C2)n1. The summed E-state index contributed by atoms with van der Waals surface area (Å²) in [7, 11) is 0. The van der Waals surface area contributed by atoms with Gasteiger partial charge in [-0.1, -0.05) is 30.3 Å². The molecule has 1 fully saturated rings. The molecule has 1 saturated heterocycles. The van der Waals surface area contributed by atoms with E-state index >= 15 is 0 Å². The molecule has 1 aliphatic heterocycles. The van der Waals surface area contributed by atoms with Crippen LogP contribution in [0.5, 0.6) is 0 Å². The highest BCUT2D eigenvalue weighted by molar-refractivity contribution is 5.92. The molecule has 1 aromatic heterocycles.